The van der Waals surface area contributed by atoms with Gasteiger partial charge in [-0.05, 0) is 53.1 Å². The molecule has 0 unspecified atom stereocenters. The van der Waals surface area contributed by atoms with E-state index in [0.717, 1.165) is 32.3 Å². The van der Waals surface area contributed by atoms with Crippen LogP contribution in [0.25, 0.3) is 21.7 Å². The van der Waals surface area contributed by atoms with Crippen LogP contribution in [0.3, 0.4) is 0 Å². The Labute approximate surface area is 279 Å². The third-order valence-electron chi connectivity index (χ3n) is 7.77. The second-order valence-electron chi connectivity index (χ2n) is 10.7. The zero-order valence-corrected chi connectivity index (χ0v) is 27.6. The molecule has 1 amide bonds. The minimum absolute atomic E-state index is 0.106. The number of aromatic amines is 1. The second kappa shape index (κ2) is 15.0. The molecule has 1 aliphatic rings. The van der Waals surface area contributed by atoms with Crippen molar-refractivity contribution in [1.82, 2.24) is 15.3 Å². The fourth-order valence-electron chi connectivity index (χ4n) is 5.59. The zero-order chi connectivity index (χ0) is 32.8. The molecular formula is C34H35N5O6S2. The summed E-state index contributed by atoms with van der Waals surface area (Å²) in [5.41, 5.74) is 8.96. The first kappa shape index (κ1) is 32.5. The fraction of sp³-hybridized carbons (Fsp3) is 0.265. The highest BCUT2D eigenvalue weighted by Gasteiger charge is 2.35. The molecule has 0 saturated heterocycles. The predicted molar refractivity (Wildman–Crippen MR) is 186 cm³/mol. The summed E-state index contributed by atoms with van der Waals surface area (Å²) in [6.45, 7) is 2.03. The van der Waals surface area contributed by atoms with Crippen molar-refractivity contribution in [2.45, 2.75) is 10.9 Å². The van der Waals surface area contributed by atoms with Gasteiger partial charge in [0, 0.05) is 65.9 Å². The van der Waals surface area contributed by atoms with Crippen molar-refractivity contribution in [3.63, 3.8) is 0 Å². The molecule has 2 aromatic heterocycles. The molecule has 5 aromatic rings. The summed E-state index contributed by atoms with van der Waals surface area (Å²) in [7, 11) is 6.48. The van der Waals surface area contributed by atoms with Crippen LogP contribution in [0.5, 0.6) is 17.2 Å². The number of fused-ring (bicyclic) bond motifs is 4. The van der Waals surface area contributed by atoms with Crippen molar-refractivity contribution in [1.29, 1.82) is 0 Å². The van der Waals surface area contributed by atoms with Gasteiger partial charge < -0.3 is 39.9 Å². The number of hydrogen-bond acceptors (Lipinski definition) is 11. The van der Waals surface area contributed by atoms with Crippen LogP contribution in [0, 0.1) is 0 Å². The minimum atomic E-state index is -0.818. The molecule has 13 heteroatoms. The van der Waals surface area contributed by atoms with Crippen LogP contribution >= 0.6 is 21.6 Å². The van der Waals surface area contributed by atoms with E-state index in [0.29, 0.717) is 60.6 Å². The molecule has 0 aliphatic carbocycles. The maximum absolute atomic E-state index is 14.1. The highest BCUT2D eigenvalue weighted by atomic mass is 33.1. The molecular weight excluding hydrogens is 639 g/mol. The Hall–Kier alpha value is -4.43. The van der Waals surface area contributed by atoms with E-state index >= 15 is 0 Å². The third-order valence-corrected chi connectivity index (χ3v) is 9.99. The number of carbonyl (C=O) groups excluding carboxylic acids is 2. The smallest absolute Gasteiger partial charge is 0.493 e. The lowest BCUT2D eigenvalue weighted by molar-refractivity contribution is 0.0984. The molecule has 3 heterocycles. The number of rotatable bonds is 13. The molecule has 11 nitrogen and oxygen atoms in total. The van der Waals surface area contributed by atoms with E-state index in [1.807, 2.05) is 61.6 Å². The van der Waals surface area contributed by atoms with Crippen LogP contribution in [0.2, 0.25) is 0 Å². The van der Waals surface area contributed by atoms with Crippen molar-refractivity contribution < 1.29 is 28.5 Å². The van der Waals surface area contributed by atoms with Gasteiger partial charge in [-0.25, -0.2) is 9.78 Å². The van der Waals surface area contributed by atoms with Crippen molar-refractivity contribution in [3.05, 3.63) is 84.2 Å². The highest BCUT2D eigenvalue weighted by Crippen LogP contribution is 2.45. The molecule has 0 saturated carbocycles. The largest absolute Gasteiger partial charge is 0.513 e. The topological polar surface area (TPSA) is 141 Å². The molecule has 1 aliphatic heterocycles. The number of anilines is 1. The number of nitrogens with zero attached hydrogens (tertiary/aromatic N) is 2. The average molecular weight is 674 g/mol. The number of hydrogen-bond donors (Lipinski definition) is 3. The van der Waals surface area contributed by atoms with Crippen LogP contribution in [0.4, 0.5) is 10.5 Å². The Balaban J connectivity index is 1.23. The first-order chi connectivity index (χ1) is 23.0. The monoisotopic (exact) mass is 673 g/mol. The van der Waals surface area contributed by atoms with E-state index in [9.17, 15) is 9.59 Å². The van der Waals surface area contributed by atoms with Gasteiger partial charge in [0.05, 0.1) is 12.8 Å². The molecule has 4 N–H and O–H groups in total. The van der Waals surface area contributed by atoms with Crippen LogP contribution < -0.4 is 30.2 Å². The summed E-state index contributed by atoms with van der Waals surface area (Å²) >= 11 is 0. The number of pyridine rings is 1. The Morgan fingerprint density at radius 3 is 2.64 bits per heavy atom. The quantitative estimate of drug-likeness (QED) is 0.0588. The van der Waals surface area contributed by atoms with E-state index in [2.05, 4.69) is 15.3 Å². The molecule has 0 radical (unpaired) electrons. The Bertz CT molecular complexity index is 1890. The Morgan fingerprint density at radius 1 is 1.04 bits per heavy atom. The van der Waals surface area contributed by atoms with E-state index in [1.54, 1.807) is 30.3 Å². The first-order valence-electron chi connectivity index (χ1n) is 15.1. The van der Waals surface area contributed by atoms with Gasteiger partial charge in [0.25, 0.3) is 5.91 Å². The second-order valence-corrected chi connectivity index (χ2v) is 13.1. The van der Waals surface area contributed by atoms with Gasteiger partial charge in [0.15, 0.2) is 11.5 Å². The summed E-state index contributed by atoms with van der Waals surface area (Å²) in [6, 6.07) is 20.6. The first-order valence-corrected chi connectivity index (χ1v) is 17.4. The number of aromatic nitrogens is 2. The van der Waals surface area contributed by atoms with Crippen LogP contribution in [0.1, 0.15) is 22.0 Å². The number of ether oxygens (including phenoxy) is 4. The predicted octanol–water partition coefficient (Wildman–Crippen LogP) is 5.98. The van der Waals surface area contributed by atoms with Gasteiger partial charge in [-0.15, -0.1) is 0 Å². The number of H-pyrrole nitrogens is 1. The van der Waals surface area contributed by atoms with Gasteiger partial charge in [0.1, 0.15) is 29.7 Å². The molecule has 3 aromatic carbocycles. The highest BCUT2D eigenvalue weighted by molar-refractivity contribution is 8.76. The third kappa shape index (κ3) is 7.13. The fourth-order valence-corrected chi connectivity index (χ4v) is 7.30. The normalized spacial score (nSPS) is 13.9. The van der Waals surface area contributed by atoms with Crippen molar-refractivity contribution in [2.75, 3.05) is 57.7 Å². The van der Waals surface area contributed by atoms with E-state index in [-0.39, 0.29) is 18.4 Å². The minimum Gasteiger partial charge on any atom is -0.493 e. The van der Waals surface area contributed by atoms with Crippen LogP contribution in [0.15, 0.2) is 78.0 Å². The van der Waals surface area contributed by atoms with E-state index < -0.39 is 6.16 Å². The van der Waals surface area contributed by atoms with Crippen molar-refractivity contribution in [2.24, 2.45) is 5.73 Å². The number of methoxy groups -OCH3 is 1. The summed E-state index contributed by atoms with van der Waals surface area (Å²) in [5, 5.41) is 6.35. The number of nitrogens with one attached hydrogen (secondary N) is 2. The number of carbonyl (C=O) groups is 2. The van der Waals surface area contributed by atoms with Crippen molar-refractivity contribution >= 4 is 61.0 Å². The molecule has 1 atom stereocenters. The lowest BCUT2D eigenvalue weighted by Crippen LogP contribution is -2.31. The standard InChI is InChI=1S/C34H35N5O6S2/c1-36-11-12-43-30-16-21-15-26(38-25(21)17-29(30)42-2)33(40)39-20-22(19-35)32-24-8-4-3-7-23(24)28(18-27(32)39)45-34(41)44-13-14-46-47-31-9-5-6-10-37-31/h3-10,15-18,22,36,38H,11-14,19-20,35H2,1-2H3/t22-/m1/s1. The average Bonchev–Trinajstić information content (AvgIpc) is 3.69. The van der Waals surface area contributed by atoms with Gasteiger partial charge in [0.2, 0.25) is 0 Å². The summed E-state index contributed by atoms with van der Waals surface area (Å²) in [6.07, 6.45) is 0.917. The lowest BCUT2D eigenvalue weighted by atomic mass is 9.94. The van der Waals surface area contributed by atoms with Crippen LogP contribution in [-0.4, -0.2) is 74.8 Å². The summed E-state index contributed by atoms with van der Waals surface area (Å²) in [4.78, 5) is 36.1. The molecule has 0 fully saturated rings. The molecule has 0 spiro atoms. The maximum Gasteiger partial charge on any atom is 0.513 e. The van der Waals surface area contributed by atoms with Gasteiger partial charge in [-0.1, -0.05) is 41.1 Å². The number of nitrogens with two attached hydrogens (primary N) is 1. The molecule has 6 rings (SSSR count). The maximum atomic E-state index is 14.1. The molecule has 244 valence electrons. The Morgan fingerprint density at radius 2 is 1.87 bits per heavy atom. The van der Waals surface area contributed by atoms with E-state index in [4.69, 9.17) is 24.7 Å². The van der Waals surface area contributed by atoms with Gasteiger partial charge >= 0.3 is 6.16 Å². The number of amides is 1. The lowest BCUT2D eigenvalue weighted by Gasteiger charge is -2.18. The number of benzene rings is 3. The summed E-state index contributed by atoms with van der Waals surface area (Å²) < 4.78 is 22.6. The summed E-state index contributed by atoms with van der Waals surface area (Å²) in [5.74, 6) is 1.68. The molecule has 47 heavy (non-hydrogen) atoms. The van der Waals surface area contributed by atoms with E-state index in [1.165, 1.54) is 21.6 Å². The molecule has 0 bridgehead atoms. The number of likely N-dealkylation sites (N-methyl/N-ethyl adjacent to an activating group) is 1. The Kier molecular flexibility index (Phi) is 10.4. The van der Waals surface area contributed by atoms with Gasteiger partial charge in [-0.3, -0.25) is 4.79 Å². The van der Waals surface area contributed by atoms with Crippen molar-refractivity contribution in [3.8, 4) is 17.2 Å². The SMILES string of the molecule is CNCCOc1cc2cc(C(=O)N3C[C@@H](CN)c4c3cc(OC(=O)OCCSSc3ccccn3)c3ccccc43)[nH]c2cc1OC. The van der Waals surface area contributed by atoms with Gasteiger partial charge in [-0.2, -0.15) is 0 Å². The van der Waals surface area contributed by atoms with Crippen LogP contribution in [-0.2, 0) is 4.74 Å². The zero-order valence-electron chi connectivity index (χ0n) is 26.0.